The average Bonchev–Trinajstić information content (AvgIpc) is 2.09. The van der Waals surface area contributed by atoms with Crippen molar-refractivity contribution in [3.8, 4) is 0 Å². The first-order valence-electron chi connectivity index (χ1n) is 3.87. The second-order valence-corrected chi connectivity index (χ2v) is 3.21. The van der Waals surface area contributed by atoms with E-state index < -0.39 is 11.8 Å². The minimum absolute atomic E-state index is 0.526. The molecule has 1 rings (SSSR count). The summed E-state index contributed by atoms with van der Waals surface area (Å²) in [4.78, 5) is 21.4. The lowest BCUT2D eigenvalue weighted by atomic mass is 10.2. The first-order chi connectivity index (χ1) is 6.50. The average molecular weight is 213 g/mol. The molecule has 0 aliphatic carbocycles. The third-order valence-electron chi connectivity index (χ3n) is 1.66. The number of carbonyl (C=O) groups excluding carboxylic acids is 2. The van der Waals surface area contributed by atoms with Gasteiger partial charge in [0.15, 0.2) is 0 Å². The molecule has 0 aliphatic heterocycles. The van der Waals surface area contributed by atoms with Crippen LogP contribution in [0.3, 0.4) is 0 Å². The zero-order valence-corrected chi connectivity index (χ0v) is 8.26. The number of aryl methyl sites for hydroxylation is 1. The monoisotopic (exact) mass is 212 g/mol. The lowest BCUT2D eigenvalue weighted by Gasteiger charge is -2.06. The highest BCUT2D eigenvalue weighted by atomic mass is 35.5. The lowest BCUT2D eigenvalue weighted by molar-refractivity contribution is -0.134. The first kappa shape index (κ1) is 10.5. The number of hydrogen-bond donors (Lipinski definition) is 2. The van der Waals surface area contributed by atoms with Gasteiger partial charge in [-0.15, -0.1) is 0 Å². The van der Waals surface area contributed by atoms with Crippen molar-refractivity contribution in [3.63, 3.8) is 0 Å². The van der Waals surface area contributed by atoms with Crippen LogP contribution in [0.2, 0.25) is 5.02 Å². The number of anilines is 1. The summed E-state index contributed by atoms with van der Waals surface area (Å²) in [6.07, 6.45) is 0. The molecule has 5 heteroatoms. The Hall–Kier alpha value is -1.55. The van der Waals surface area contributed by atoms with E-state index in [2.05, 4.69) is 5.32 Å². The van der Waals surface area contributed by atoms with Gasteiger partial charge in [0, 0.05) is 10.7 Å². The van der Waals surface area contributed by atoms with Crippen LogP contribution in [-0.2, 0) is 9.59 Å². The third-order valence-corrected chi connectivity index (χ3v) is 1.90. The van der Waals surface area contributed by atoms with Gasteiger partial charge in [0.25, 0.3) is 0 Å². The predicted molar refractivity (Wildman–Crippen MR) is 54.0 cm³/mol. The molecule has 2 amide bonds. The molecule has 1 aromatic rings. The minimum atomic E-state index is -1.01. The molecule has 74 valence electrons. The summed E-state index contributed by atoms with van der Waals surface area (Å²) in [5, 5.41) is 2.93. The molecule has 0 unspecified atom stereocenters. The number of nitrogens with two attached hydrogens (primary N) is 1. The van der Waals surface area contributed by atoms with Crippen LogP contribution in [0.15, 0.2) is 18.2 Å². The van der Waals surface area contributed by atoms with E-state index in [1.165, 1.54) is 0 Å². The molecule has 0 aromatic heterocycles. The summed E-state index contributed by atoms with van der Waals surface area (Å²) in [5.41, 5.74) is 6.08. The van der Waals surface area contributed by atoms with E-state index in [1.807, 2.05) is 0 Å². The summed E-state index contributed by atoms with van der Waals surface area (Å²) in [6, 6.07) is 4.90. The highest BCUT2D eigenvalue weighted by molar-refractivity contribution is 6.39. The highest BCUT2D eigenvalue weighted by Crippen LogP contribution is 2.19. The predicted octanol–water partition coefficient (Wildman–Crippen LogP) is 1.07. The molecule has 1 aromatic carbocycles. The van der Waals surface area contributed by atoms with E-state index in [0.717, 1.165) is 5.56 Å². The van der Waals surface area contributed by atoms with Gasteiger partial charge in [-0.05, 0) is 30.7 Å². The largest absolute Gasteiger partial charge is 0.361 e. The van der Waals surface area contributed by atoms with Crippen molar-refractivity contribution >= 4 is 29.1 Å². The maximum absolute atomic E-state index is 10.9. The van der Waals surface area contributed by atoms with Crippen molar-refractivity contribution in [2.75, 3.05) is 5.32 Å². The van der Waals surface area contributed by atoms with Gasteiger partial charge in [-0.3, -0.25) is 9.59 Å². The fourth-order valence-electron chi connectivity index (χ4n) is 0.951. The molecule has 0 saturated heterocycles. The van der Waals surface area contributed by atoms with Crippen molar-refractivity contribution in [3.05, 3.63) is 28.8 Å². The zero-order chi connectivity index (χ0) is 10.7. The number of primary amides is 1. The molecule has 4 nitrogen and oxygen atoms in total. The SMILES string of the molecule is Cc1cc(Cl)ccc1NC(=O)C(N)=O. The van der Waals surface area contributed by atoms with E-state index in [4.69, 9.17) is 17.3 Å². The van der Waals surface area contributed by atoms with Crippen LogP contribution in [0.5, 0.6) is 0 Å². The summed E-state index contributed by atoms with van der Waals surface area (Å²) < 4.78 is 0. The van der Waals surface area contributed by atoms with Gasteiger partial charge in [-0.1, -0.05) is 11.6 Å². The molecule has 3 N–H and O–H groups in total. The Morgan fingerprint density at radius 1 is 1.43 bits per heavy atom. The molecule has 0 radical (unpaired) electrons. The quantitative estimate of drug-likeness (QED) is 0.684. The van der Waals surface area contributed by atoms with Crippen LogP contribution in [-0.4, -0.2) is 11.8 Å². The smallest absolute Gasteiger partial charge is 0.313 e. The molecule has 0 fully saturated rings. The van der Waals surface area contributed by atoms with Crippen molar-refractivity contribution in [2.24, 2.45) is 5.73 Å². The van der Waals surface area contributed by atoms with Gasteiger partial charge in [0.1, 0.15) is 0 Å². The van der Waals surface area contributed by atoms with Gasteiger partial charge < -0.3 is 11.1 Å². The second kappa shape index (κ2) is 4.11. The van der Waals surface area contributed by atoms with Gasteiger partial charge in [-0.2, -0.15) is 0 Å². The Balaban J connectivity index is 2.87. The fourth-order valence-corrected chi connectivity index (χ4v) is 1.18. The molecular weight excluding hydrogens is 204 g/mol. The Labute approximate surface area is 86.0 Å². The van der Waals surface area contributed by atoms with E-state index in [1.54, 1.807) is 25.1 Å². The number of halogens is 1. The van der Waals surface area contributed by atoms with E-state index in [0.29, 0.717) is 10.7 Å². The standard InChI is InChI=1S/C9H9ClN2O2/c1-5-4-6(10)2-3-7(5)12-9(14)8(11)13/h2-4H,1H3,(H2,11,13)(H,12,14). The molecule has 14 heavy (non-hydrogen) atoms. The summed E-state index contributed by atoms with van der Waals surface area (Å²) >= 11 is 5.71. The number of carbonyl (C=O) groups is 2. The highest BCUT2D eigenvalue weighted by Gasteiger charge is 2.09. The Kier molecular flexibility index (Phi) is 3.09. The third kappa shape index (κ3) is 2.47. The summed E-state index contributed by atoms with van der Waals surface area (Å²) in [6.45, 7) is 1.77. The molecular formula is C9H9ClN2O2. The number of benzene rings is 1. The molecule has 0 aliphatic rings. The van der Waals surface area contributed by atoms with Crippen LogP contribution in [0, 0.1) is 6.92 Å². The lowest BCUT2D eigenvalue weighted by Crippen LogP contribution is -2.29. The van der Waals surface area contributed by atoms with Crippen LogP contribution >= 0.6 is 11.6 Å². The van der Waals surface area contributed by atoms with Crippen LogP contribution in [0.25, 0.3) is 0 Å². The van der Waals surface area contributed by atoms with Crippen molar-refractivity contribution in [1.82, 2.24) is 0 Å². The van der Waals surface area contributed by atoms with E-state index in [9.17, 15) is 9.59 Å². The zero-order valence-electron chi connectivity index (χ0n) is 7.50. The normalized spacial score (nSPS) is 9.57. The summed E-state index contributed by atoms with van der Waals surface area (Å²) in [7, 11) is 0. The number of amides is 2. The molecule has 0 spiro atoms. The van der Waals surface area contributed by atoms with Crippen molar-refractivity contribution in [2.45, 2.75) is 6.92 Å². The first-order valence-corrected chi connectivity index (χ1v) is 4.25. The van der Waals surface area contributed by atoms with Crippen LogP contribution in [0.4, 0.5) is 5.69 Å². The number of rotatable bonds is 1. The molecule has 0 bridgehead atoms. The Morgan fingerprint density at radius 2 is 2.07 bits per heavy atom. The van der Waals surface area contributed by atoms with E-state index >= 15 is 0 Å². The number of nitrogens with one attached hydrogen (secondary N) is 1. The van der Waals surface area contributed by atoms with Gasteiger partial charge in [0.2, 0.25) is 0 Å². The van der Waals surface area contributed by atoms with Crippen LogP contribution in [0.1, 0.15) is 5.56 Å². The molecule has 0 heterocycles. The Morgan fingerprint density at radius 3 is 2.57 bits per heavy atom. The minimum Gasteiger partial charge on any atom is -0.361 e. The maximum Gasteiger partial charge on any atom is 0.313 e. The second-order valence-electron chi connectivity index (χ2n) is 2.78. The van der Waals surface area contributed by atoms with Crippen molar-refractivity contribution < 1.29 is 9.59 Å². The summed E-state index contributed by atoms with van der Waals surface area (Å²) in [5.74, 6) is -1.85. The van der Waals surface area contributed by atoms with Gasteiger partial charge in [-0.25, -0.2) is 0 Å². The van der Waals surface area contributed by atoms with E-state index in [-0.39, 0.29) is 0 Å². The maximum atomic E-state index is 10.9. The Bertz CT molecular complexity index is 390. The van der Waals surface area contributed by atoms with Crippen LogP contribution < -0.4 is 11.1 Å². The number of hydrogen-bond acceptors (Lipinski definition) is 2. The molecule has 0 atom stereocenters. The van der Waals surface area contributed by atoms with Gasteiger partial charge >= 0.3 is 11.8 Å². The molecule has 0 saturated carbocycles. The fraction of sp³-hybridized carbons (Fsp3) is 0.111. The van der Waals surface area contributed by atoms with Crippen molar-refractivity contribution in [1.29, 1.82) is 0 Å². The topological polar surface area (TPSA) is 72.2 Å². The van der Waals surface area contributed by atoms with Gasteiger partial charge in [0.05, 0.1) is 0 Å².